The number of benzene rings is 1. The predicted molar refractivity (Wildman–Crippen MR) is 100 cm³/mol. The molecular formula is C17H25N3O3S2. The maximum absolute atomic E-state index is 12.7. The van der Waals surface area contributed by atoms with Crippen LogP contribution in [0.4, 0.5) is 0 Å². The van der Waals surface area contributed by atoms with Crippen LogP contribution in [-0.4, -0.2) is 26.6 Å². The third-order valence-corrected chi connectivity index (χ3v) is 6.93. The highest BCUT2D eigenvalue weighted by molar-refractivity contribution is 7.89. The van der Waals surface area contributed by atoms with E-state index in [0.29, 0.717) is 12.0 Å². The molecule has 0 fully saturated rings. The predicted octanol–water partition coefficient (Wildman–Crippen LogP) is 2.93. The molecule has 0 aliphatic heterocycles. The van der Waals surface area contributed by atoms with Gasteiger partial charge in [0.25, 0.3) is 10.0 Å². The van der Waals surface area contributed by atoms with Crippen molar-refractivity contribution < 1.29 is 12.6 Å². The summed E-state index contributed by atoms with van der Waals surface area (Å²) in [5.74, 6) is 0. The minimum absolute atomic E-state index is 0.187. The first-order valence-electron chi connectivity index (χ1n) is 8.10. The summed E-state index contributed by atoms with van der Waals surface area (Å²) in [5.41, 5.74) is 1.68. The molecule has 6 nitrogen and oxygen atoms in total. The molecule has 0 aliphatic rings. The Kier molecular flexibility index (Phi) is 5.86. The maximum Gasteiger partial charge on any atom is 0.282 e. The van der Waals surface area contributed by atoms with Crippen molar-refractivity contribution >= 4 is 21.0 Å². The first kappa shape index (κ1) is 19.8. The van der Waals surface area contributed by atoms with Crippen molar-refractivity contribution in [3.8, 4) is 0 Å². The van der Waals surface area contributed by atoms with E-state index in [1.54, 1.807) is 24.3 Å². The molecule has 1 aromatic carbocycles. The van der Waals surface area contributed by atoms with Crippen LogP contribution < -0.4 is 4.72 Å². The first-order valence-corrected chi connectivity index (χ1v) is 10.7. The maximum atomic E-state index is 12.7. The summed E-state index contributed by atoms with van der Waals surface area (Å²) in [6, 6.07) is 6.40. The Bertz CT molecular complexity index is 850. The average molecular weight is 384 g/mol. The minimum Gasteiger partial charge on any atom is -0.242 e. The molecule has 0 amide bonds. The van der Waals surface area contributed by atoms with Gasteiger partial charge in [-0.1, -0.05) is 24.6 Å². The summed E-state index contributed by atoms with van der Waals surface area (Å²) in [7, 11) is -4.99. The molecule has 25 heavy (non-hydrogen) atoms. The summed E-state index contributed by atoms with van der Waals surface area (Å²) < 4.78 is 41.3. The van der Waals surface area contributed by atoms with Gasteiger partial charge < -0.3 is 0 Å². The van der Waals surface area contributed by atoms with E-state index in [0.717, 1.165) is 9.65 Å². The van der Waals surface area contributed by atoms with E-state index in [4.69, 9.17) is 0 Å². The number of rotatable bonds is 6. The average Bonchev–Trinajstić information content (AvgIpc) is 3.02. The van der Waals surface area contributed by atoms with Crippen molar-refractivity contribution in [1.82, 2.24) is 13.9 Å². The highest BCUT2D eigenvalue weighted by Gasteiger charge is 2.25. The number of hydrogen-bond donors (Lipinski definition) is 1. The normalized spacial score (nSPS) is 15.1. The van der Waals surface area contributed by atoms with E-state index in [2.05, 4.69) is 9.82 Å². The Morgan fingerprint density at radius 2 is 1.84 bits per heavy atom. The Morgan fingerprint density at radius 3 is 2.36 bits per heavy atom. The van der Waals surface area contributed by atoms with E-state index in [-0.39, 0.29) is 10.9 Å². The van der Waals surface area contributed by atoms with E-state index >= 15 is 0 Å². The molecule has 0 unspecified atom stereocenters. The number of nitrogens with zero attached hydrogens (tertiary/aromatic N) is 2. The van der Waals surface area contributed by atoms with Crippen LogP contribution in [0.1, 0.15) is 51.3 Å². The smallest absolute Gasteiger partial charge is 0.242 e. The summed E-state index contributed by atoms with van der Waals surface area (Å²) in [4.78, 5) is 0.187. The standard InChI is InChI=1S/C17H25N3O3S2/c1-6-16(19-24(21)17(3,4)5)14-11-18-20(12-14)25(22,23)15-9-7-13(2)8-10-15/h7-12,16,19H,6H2,1-5H3/t16-,24+/m0/s1. The number of aromatic nitrogens is 2. The minimum atomic E-state index is -3.73. The van der Waals surface area contributed by atoms with E-state index in [1.165, 1.54) is 12.4 Å². The van der Waals surface area contributed by atoms with Gasteiger partial charge in [0.1, 0.15) is 0 Å². The van der Waals surface area contributed by atoms with Crippen molar-refractivity contribution in [1.29, 1.82) is 0 Å². The second-order valence-corrected chi connectivity index (χ2v) is 10.7. The molecule has 0 saturated carbocycles. The second kappa shape index (κ2) is 7.39. The van der Waals surface area contributed by atoms with Crippen LogP contribution >= 0.6 is 0 Å². The molecule has 2 atom stereocenters. The van der Waals surface area contributed by atoms with Crippen molar-refractivity contribution in [2.75, 3.05) is 0 Å². The zero-order valence-electron chi connectivity index (χ0n) is 15.2. The largest absolute Gasteiger partial charge is 0.282 e. The first-order chi connectivity index (χ1) is 11.6. The van der Waals surface area contributed by atoms with E-state index < -0.39 is 25.8 Å². The topological polar surface area (TPSA) is 81.1 Å². The fourth-order valence-electron chi connectivity index (χ4n) is 2.14. The van der Waals surface area contributed by atoms with Gasteiger partial charge in [-0.2, -0.15) is 17.6 Å². The quantitative estimate of drug-likeness (QED) is 0.831. The van der Waals surface area contributed by atoms with Crippen LogP contribution in [0.15, 0.2) is 41.6 Å². The molecule has 0 bridgehead atoms. The molecule has 1 aromatic heterocycles. The molecule has 0 saturated heterocycles. The molecule has 0 spiro atoms. The van der Waals surface area contributed by atoms with Crippen molar-refractivity contribution in [3.63, 3.8) is 0 Å². The third-order valence-electron chi connectivity index (χ3n) is 3.76. The Balaban J connectivity index is 2.28. The molecule has 138 valence electrons. The second-order valence-electron chi connectivity index (χ2n) is 6.92. The Labute approximate surface area is 152 Å². The zero-order valence-corrected chi connectivity index (χ0v) is 16.8. The molecule has 1 heterocycles. The van der Waals surface area contributed by atoms with Gasteiger partial charge in [-0.05, 0) is 46.2 Å². The molecule has 8 heteroatoms. The highest BCUT2D eigenvalue weighted by Crippen LogP contribution is 2.22. The lowest BCUT2D eigenvalue weighted by molar-refractivity contribution is 0.579. The summed E-state index contributed by atoms with van der Waals surface area (Å²) >= 11 is 0. The van der Waals surface area contributed by atoms with Gasteiger partial charge in [0.2, 0.25) is 0 Å². The van der Waals surface area contributed by atoms with Crippen LogP contribution in [0, 0.1) is 6.92 Å². The van der Waals surface area contributed by atoms with Crippen molar-refractivity contribution in [3.05, 3.63) is 47.8 Å². The zero-order chi connectivity index (χ0) is 18.8. The molecular weight excluding hydrogens is 358 g/mol. The van der Waals surface area contributed by atoms with Crippen molar-refractivity contribution in [2.45, 2.75) is 56.7 Å². The Hall–Kier alpha value is -1.51. The van der Waals surface area contributed by atoms with Gasteiger partial charge in [0.15, 0.2) is 0 Å². The van der Waals surface area contributed by atoms with Crippen molar-refractivity contribution in [2.24, 2.45) is 0 Å². The fourth-order valence-corrected chi connectivity index (χ4v) is 4.18. The van der Waals surface area contributed by atoms with Gasteiger partial charge in [0.05, 0.1) is 26.8 Å². The van der Waals surface area contributed by atoms with Crippen LogP contribution in [0.3, 0.4) is 0 Å². The SMILES string of the molecule is CC[C@H](N[S@](=O)C(C)(C)C)c1cnn(S(=O)(=O)c2ccc(C)cc2)c1. The van der Waals surface area contributed by atoms with E-state index in [9.17, 15) is 12.6 Å². The van der Waals surface area contributed by atoms with Gasteiger partial charge in [-0.15, -0.1) is 0 Å². The molecule has 2 aromatic rings. The number of aryl methyl sites for hydroxylation is 1. The molecule has 0 radical (unpaired) electrons. The van der Waals surface area contributed by atoms with Crippen LogP contribution in [0.5, 0.6) is 0 Å². The van der Waals surface area contributed by atoms with Crippen LogP contribution in [0.2, 0.25) is 0 Å². The summed E-state index contributed by atoms with van der Waals surface area (Å²) in [6.45, 7) is 9.49. The monoisotopic (exact) mass is 383 g/mol. The Morgan fingerprint density at radius 1 is 1.24 bits per heavy atom. The van der Waals surface area contributed by atoms with Gasteiger partial charge >= 0.3 is 0 Å². The molecule has 2 rings (SSSR count). The van der Waals surface area contributed by atoms with Crippen LogP contribution in [-0.2, 0) is 21.0 Å². The van der Waals surface area contributed by atoms with Gasteiger partial charge in [-0.25, -0.2) is 8.93 Å². The van der Waals surface area contributed by atoms with Gasteiger partial charge in [-0.3, -0.25) is 0 Å². The lowest BCUT2D eigenvalue weighted by Crippen LogP contribution is -2.35. The highest BCUT2D eigenvalue weighted by atomic mass is 32.2. The number of nitrogens with one attached hydrogen (secondary N) is 1. The van der Waals surface area contributed by atoms with Crippen LogP contribution in [0.25, 0.3) is 0 Å². The van der Waals surface area contributed by atoms with Gasteiger partial charge in [0, 0.05) is 17.8 Å². The fraction of sp³-hybridized carbons (Fsp3) is 0.471. The lowest BCUT2D eigenvalue weighted by Gasteiger charge is -2.22. The lowest BCUT2D eigenvalue weighted by atomic mass is 10.1. The molecule has 0 aliphatic carbocycles. The summed E-state index contributed by atoms with van der Waals surface area (Å²) in [6.07, 6.45) is 3.65. The van der Waals surface area contributed by atoms with E-state index in [1.807, 2.05) is 34.6 Å². The third kappa shape index (κ3) is 4.56. The number of hydrogen-bond acceptors (Lipinski definition) is 4. The molecule has 1 N–H and O–H groups in total. The summed E-state index contributed by atoms with van der Waals surface area (Å²) in [5, 5.41) is 4.01.